The molecule has 1 aliphatic carbocycles. The Balaban J connectivity index is 1.41. The molecule has 0 atom stereocenters. The summed E-state index contributed by atoms with van der Waals surface area (Å²) < 4.78 is 7.41. The number of fused-ring (bicyclic) bond motifs is 1. The number of morpholine rings is 1. The molecule has 0 radical (unpaired) electrons. The Kier molecular flexibility index (Phi) is 8.02. The second-order valence-electron chi connectivity index (χ2n) is 8.42. The maximum absolute atomic E-state index is 12.2. The monoisotopic (exact) mass is 446 g/mol. The highest BCUT2D eigenvalue weighted by atomic mass is 32.2. The average Bonchev–Trinajstić information content (AvgIpc) is 3.46. The second kappa shape index (κ2) is 11.1. The standard InChI is InChI=1S/C22H34N6O2S/c1-2-15-31-22-25-20(27-11-13-30-14-12-27)18-16-24-28(21(18)26-22)10-9-23-19(29)8-7-17-5-3-4-6-17/h16-17H,2-15H2,1H3,(H,23,29). The number of amides is 1. The fourth-order valence-corrected chi connectivity index (χ4v) is 5.07. The number of anilines is 1. The molecule has 0 aromatic carbocycles. The molecule has 0 bridgehead atoms. The van der Waals surface area contributed by atoms with Crippen LogP contribution in [0.5, 0.6) is 0 Å². The predicted molar refractivity (Wildman–Crippen MR) is 124 cm³/mol. The van der Waals surface area contributed by atoms with Gasteiger partial charge in [-0.25, -0.2) is 14.6 Å². The second-order valence-corrected chi connectivity index (χ2v) is 9.48. The molecule has 170 valence electrons. The van der Waals surface area contributed by atoms with E-state index >= 15 is 0 Å². The van der Waals surface area contributed by atoms with E-state index in [1.54, 1.807) is 11.8 Å². The van der Waals surface area contributed by atoms with E-state index in [1.807, 2.05) is 10.9 Å². The summed E-state index contributed by atoms with van der Waals surface area (Å²) in [5, 5.41) is 9.39. The van der Waals surface area contributed by atoms with E-state index in [0.717, 1.165) is 59.6 Å². The van der Waals surface area contributed by atoms with Crippen molar-refractivity contribution in [3.63, 3.8) is 0 Å². The van der Waals surface area contributed by atoms with Crippen LogP contribution in [0.25, 0.3) is 11.0 Å². The Morgan fingerprint density at radius 1 is 1.26 bits per heavy atom. The summed E-state index contributed by atoms with van der Waals surface area (Å²) in [4.78, 5) is 24.1. The number of carbonyl (C=O) groups is 1. The molecule has 1 saturated heterocycles. The zero-order valence-corrected chi connectivity index (χ0v) is 19.3. The van der Waals surface area contributed by atoms with Crippen LogP contribution < -0.4 is 10.2 Å². The van der Waals surface area contributed by atoms with E-state index in [-0.39, 0.29) is 5.91 Å². The number of hydrogen-bond acceptors (Lipinski definition) is 7. The molecule has 2 aromatic rings. The highest BCUT2D eigenvalue weighted by Crippen LogP contribution is 2.29. The third kappa shape index (κ3) is 5.88. The number of carbonyl (C=O) groups excluding carboxylic acids is 1. The number of ether oxygens (including phenoxy) is 1. The van der Waals surface area contributed by atoms with Crippen molar-refractivity contribution in [3.05, 3.63) is 6.20 Å². The van der Waals surface area contributed by atoms with Crippen molar-refractivity contribution in [2.24, 2.45) is 5.92 Å². The molecular formula is C22H34N6O2S. The molecule has 1 N–H and O–H groups in total. The van der Waals surface area contributed by atoms with Crippen LogP contribution in [-0.4, -0.2) is 64.3 Å². The largest absolute Gasteiger partial charge is 0.378 e. The van der Waals surface area contributed by atoms with Crippen LogP contribution in [0.2, 0.25) is 0 Å². The fraction of sp³-hybridized carbons (Fsp3) is 0.727. The van der Waals surface area contributed by atoms with Crippen LogP contribution in [0, 0.1) is 5.92 Å². The van der Waals surface area contributed by atoms with Crippen molar-refractivity contribution in [2.75, 3.05) is 43.5 Å². The number of nitrogens with zero attached hydrogens (tertiary/aromatic N) is 5. The Morgan fingerprint density at radius 3 is 2.84 bits per heavy atom. The van der Waals surface area contributed by atoms with Crippen LogP contribution in [0.4, 0.5) is 5.82 Å². The maximum atomic E-state index is 12.2. The highest BCUT2D eigenvalue weighted by Gasteiger charge is 2.20. The van der Waals surface area contributed by atoms with Crippen molar-refractivity contribution in [1.82, 2.24) is 25.1 Å². The van der Waals surface area contributed by atoms with Crippen LogP contribution in [0.1, 0.15) is 51.9 Å². The molecule has 4 rings (SSSR count). The average molecular weight is 447 g/mol. The van der Waals surface area contributed by atoms with Crippen molar-refractivity contribution >= 4 is 34.5 Å². The van der Waals surface area contributed by atoms with E-state index in [2.05, 4.69) is 22.2 Å². The zero-order chi connectivity index (χ0) is 21.5. The van der Waals surface area contributed by atoms with Gasteiger partial charge in [0.05, 0.1) is 31.3 Å². The molecule has 1 saturated carbocycles. The lowest BCUT2D eigenvalue weighted by Gasteiger charge is -2.28. The first-order valence-corrected chi connectivity index (χ1v) is 12.7. The lowest BCUT2D eigenvalue weighted by atomic mass is 10.0. The van der Waals surface area contributed by atoms with E-state index < -0.39 is 0 Å². The molecule has 31 heavy (non-hydrogen) atoms. The van der Waals surface area contributed by atoms with Gasteiger partial charge in [0.1, 0.15) is 5.82 Å². The lowest BCUT2D eigenvalue weighted by Crippen LogP contribution is -2.37. The van der Waals surface area contributed by atoms with Gasteiger partial charge in [-0.1, -0.05) is 44.4 Å². The highest BCUT2D eigenvalue weighted by molar-refractivity contribution is 7.99. The van der Waals surface area contributed by atoms with Crippen LogP contribution >= 0.6 is 11.8 Å². The third-order valence-corrected chi connectivity index (χ3v) is 7.15. The zero-order valence-electron chi connectivity index (χ0n) is 18.5. The van der Waals surface area contributed by atoms with Gasteiger partial charge in [-0.2, -0.15) is 5.10 Å². The third-order valence-electron chi connectivity index (χ3n) is 6.10. The lowest BCUT2D eigenvalue weighted by molar-refractivity contribution is -0.121. The summed E-state index contributed by atoms with van der Waals surface area (Å²) in [6, 6.07) is 0. The first-order chi connectivity index (χ1) is 15.2. The SMILES string of the molecule is CCCSc1nc(N2CCOCC2)c2cnn(CCNC(=O)CCC3CCCC3)c2n1. The number of hydrogen-bond donors (Lipinski definition) is 1. The molecule has 8 nitrogen and oxygen atoms in total. The molecule has 0 unspecified atom stereocenters. The number of aromatic nitrogens is 4. The molecule has 1 amide bonds. The smallest absolute Gasteiger partial charge is 0.220 e. The summed E-state index contributed by atoms with van der Waals surface area (Å²) >= 11 is 1.68. The summed E-state index contributed by atoms with van der Waals surface area (Å²) in [6.45, 7) is 6.41. The van der Waals surface area contributed by atoms with Crippen molar-refractivity contribution in [2.45, 2.75) is 63.6 Å². The summed E-state index contributed by atoms with van der Waals surface area (Å²) in [6.07, 6.45) is 9.81. The molecule has 9 heteroatoms. The minimum Gasteiger partial charge on any atom is -0.378 e. The van der Waals surface area contributed by atoms with Gasteiger partial charge < -0.3 is 15.0 Å². The van der Waals surface area contributed by atoms with E-state index in [4.69, 9.17) is 14.7 Å². The molecule has 2 fully saturated rings. The van der Waals surface area contributed by atoms with Gasteiger partial charge in [0.2, 0.25) is 5.91 Å². The van der Waals surface area contributed by atoms with Gasteiger partial charge in [0, 0.05) is 31.8 Å². The van der Waals surface area contributed by atoms with Gasteiger partial charge in [-0.05, 0) is 18.8 Å². The minimum atomic E-state index is 0.145. The quantitative estimate of drug-likeness (QED) is 0.443. The molecule has 2 aromatic heterocycles. The van der Waals surface area contributed by atoms with E-state index in [1.165, 1.54) is 25.7 Å². The summed E-state index contributed by atoms with van der Waals surface area (Å²) in [5.74, 6) is 2.82. The number of rotatable bonds is 10. The van der Waals surface area contributed by atoms with Gasteiger partial charge in [0.25, 0.3) is 0 Å². The Hall–Kier alpha value is -1.87. The summed E-state index contributed by atoms with van der Waals surface area (Å²) in [5.41, 5.74) is 0.843. The first-order valence-electron chi connectivity index (χ1n) is 11.7. The van der Waals surface area contributed by atoms with E-state index in [9.17, 15) is 4.79 Å². The maximum Gasteiger partial charge on any atom is 0.220 e. The van der Waals surface area contributed by atoms with Crippen LogP contribution in [0.3, 0.4) is 0 Å². The number of nitrogens with one attached hydrogen (secondary N) is 1. The van der Waals surface area contributed by atoms with E-state index in [0.29, 0.717) is 32.7 Å². The fourth-order valence-electron chi connectivity index (χ4n) is 4.38. The normalized spacial score (nSPS) is 17.5. The van der Waals surface area contributed by atoms with Gasteiger partial charge in [-0.3, -0.25) is 4.79 Å². The van der Waals surface area contributed by atoms with Crippen molar-refractivity contribution in [3.8, 4) is 0 Å². The van der Waals surface area contributed by atoms with Crippen molar-refractivity contribution < 1.29 is 9.53 Å². The Bertz CT molecular complexity index is 861. The van der Waals surface area contributed by atoms with Gasteiger partial charge in [-0.15, -0.1) is 0 Å². The number of thioether (sulfide) groups is 1. The minimum absolute atomic E-state index is 0.145. The van der Waals surface area contributed by atoms with Crippen LogP contribution in [0.15, 0.2) is 11.4 Å². The van der Waals surface area contributed by atoms with Crippen molar-refractivity contribution in [1.29, 1.82) is 0 Å². The molecule has 0 spiro atoms. The van der Waals surface area contributed by atoms with Gasteiger partial charge >= 0.3 is 0 Å². The summed E-state index contributed by atoms with van der Waals surface area (Å²) in [7, 11) is 0. The molecular weight excluding hydrogens is 412 g/mol. The predicted octanol–water partition coefficient (Wildman–Crippen LogP) is 3.25. The molecule has 2 aliphatic rings. The Morgan fingerprint density at radius 2 is 2.06 bits per heavy atom. The Labute approximate surface area is 188 Å². The topological polar surface area (TPSA) is 85.2 Å². The molecule has 3 heterocycles. The van der Waals surface area contributed by atoms with Gasteiger partial charge in [0.15, 0.2) is 10.8 Å². The molecule has 1 aliphatic heterocycles. The first kappa shape index (κ1) is 22.3. The van der Waals surface area contributed by atoms with Crippen LogP contribution in [-0.2, 0) is 16.1 Å².